The summed E-state index contributed by atoms with van der Waals surface area (Å²) in [6.07, 6.45) is 0. The first kappa shape index (κ1) is 29.1. The minimum atomic E-state index is -2.17. The molecule has 0 aromatic heterocycles. The molecule has 0 rings (SSSR count). The molecule has 0 saturated heterocycles. The fourth-order valence-corrected chi connectivity index (χ4v) is 2.25. The molecular weight excluding hydrogens is 372 g/mol. The van der Waals surface area contributed by atoms with Crippen molar-refractivity contribution in [2.45, 2.75) is 19.6 Å². The third-order valence-corrected chi connectivity index (χ3v) is 10.0. The van der Waals surface area contributed by atoms with E-state index in [2.05, 4.69) is 0 Å². The molecule has 0 spiro atoms. The van der Waals surface area contributed by atoms with Crippen molar-refractivity contribution in [3.8, 4) is 0 Å². The van der Waals surface area contributed by atoms with E-state index >= 15 is 0 Å². The van der Waals surface area contributed by atoms with Crippen LogP contribution in [-0.4, -0.2) is 90.4 Å². The molecule has 9 nitrogen and oxygen atoms in total. The van der Waals surface area contributed by atoms with Crippen molar-refractivity contribution in [2.24, 2.45) is 0 Å². The fraction of sp³-hybridized carbons (Fsp3) is 1.00. The van der Waals surface area contributed by atoms with Gasteiger partial charge in [-0.15, -0.1) is 0 Å². The van der Waals surface area contributed by atoms with Crippen LogP contribution in [0.1, 0.15) is 0 Å². The molecule has 0 fully saturated rings. The van der Waals surface area contributed by atoms with Gasteiger partial charge in [-0.25, -0.2) is 0 Å². The molecule has 0 aromatic carbocycles. The topological polar surface area (TPSA) is 83.1 Å². The number of hydrogen-bond donors (Lipinski definition) is 0. The lowest BCUT2D eigenvalue weighted by molar-refractivity contribution is 0.131. The second-order valence-electron chi connectivity index (χ2n) is 4.42. The van der Waals surface area contributed by atoms with E-state index < -0.39 is 26.4 Å². The van der Waals surface area contributed by atoms with Crippen molar-refractivity contribution in [3.05, 3.63) is 0 Å². The molecule has 0 atom stereocenters. The summed E-state index contributed by atoms with van der Waals surface area (Å²) in [7, 11) is 7.73. The van der Waals surface area contributed by atoms with Crippen molar-refractivity contribution < 1.29 is 39.8 Å². The van der Waals surface area contributed by atoms with Crippen LogP contribution in [0.4, 0.5) is 0 Å². The molecular formula is C12H36O9Si3. The van der Waals surface area contributed by atoms with Gasteiger partial charge in [0.1, 0.15) is 0 Å². The van der Waals surface area contributed by atoms with E-state index in [0.29, 0.717) is 0 Å². The van der Waals surface area contributed by atoms with Gasteiger partial charge in [-0.1, -0.05) is 0 Å². The maximum atomic E-state index is 4.93. The molecule has 0 radical (unpaired) electrons. The first-order chi connectivity index (χ1) is 11.0. The lowest BCUT2D eigenvalue weighted by Gasteiger charge is -2.18. The van der Waals surface area contributed by atoms with E-state index in [-0.39, 0.29) is 0 Å². The van der Waals surface area contributed by atoms with Gasteiger partial charge < -0.3 is 39.8 Å². The van der Waals surface area contributed by atoms with Crippen molar-refractivity contribution in [1.82, 2.24) is 0 Å². The van der Waals surface area contributed by atoms with E-state index in [4.69, 9.17) is 39.8 Å². The molecule has 0 aliphatic carbocycles. The third-order valence-electron chi connectivity index (χ3n) is 3.34. The van der Waals surface area contributed by atoms with Crippen molar-refractivity contribution in [2.75, 3.05) is 64.0 Å². The highest BCUT2D eigenvalue weighted by Gasteiger charge is 2.30. The van der Waals surface area contributed by atoms with Gasteiger partial charge in [0.25, 0.3) is 0 Å². The van der Waals surface area contributed by atoms with Crippen LogP contribution in [0.3, 0.4) is 0 Å². The van der Waals surface area contributed by atoms with Gasteiger partial charge >= 0.3 is 26.4 Å². The van der Waals surface area contributed by atoms with E-state index in [0.717, 1.165) is 0 Å². The molecule has 0 aliphatic rings. The molecule has 0 aliphatic heterocycles. The minimum Gasteiger partial charge on any atom is -0.377 e. The summed E-state index contributed by atoms with van der Waals surface area (Å²) in [5, 5.41) is 0. The second kappa shape index (κ2) is 15.5. The van der Waals surface area contributed by atoms with Gasteiger partial charge in [-0.05, 0) is 0 Å². The van der Waals surface area contributed by atoms with E-state index in [1.807, 2.05) is 19.6 Å². The fourth-order valence-electron chi connectivity index (χ4n) is 0.750. The molecule has 0 heterocycles. The third kappa shape index (κ3) is 13.6. The van der Waals surface area contributed by atoms with Crippen LogP contribution < -0.4 is 0 Å². The van der Waals surface area contributed by atoms with Gasteiger partial charge in [0.15, 0.2) is 0 Å². The predicted molar refractivity (Wildman–Crippen MR) is 97.9 cm³/mol. The Balaban J connectivity index is -0.000000276. The zero-order chi connectivity index (χ0) is 19.9. The zero-order valence-corrected chi connectivity index (χ0v) is 20.2. The summed E-state index contributed by atoms with van der Waals surface area (Å²) in [4.78, 5) is 0. The lowest BCUT2D eigenvalue weighted by atomic mass is 11.8. The first-order valence-corrected chi connectivity index (χ1v) is 13.7. The van der Waals surface area contributed by atoms with Crippen LogP contribution in [0.5, 0.6) is 0 Å². The van der Waals surface area contributed by atoms with Crippen LogP contribution in [0.15, 0.2) is 0 Å². The SMILES string of the molecule is CO[Si](C)(OC)OC.CO[Si](C)(OC)OC.CO[Si](C)(OC)OC. The monoisotopic (exact) mass is 408 g/mol. The molecule has 0 saturated carbocycles. The van der Waals surface area contributed by atoms with Crippen molar-refractivity contribution in [3.63, 3.8) is 0 Å². The summed E-state index contributed by atoms with van der Waals surface area (Å²) < 4.78 is 44.4. The van der Waals surface area contributed by atoms with Crippen LogP contribution in [0.2, 0.25) is 19.6 Å². The Hall–Kier alpha value is 0.291. The highest BCUT2D eigenvalue weighted by atomic mass is 28.4. The Kier molecular flexibility index (Phi) is 18.8. The first-order valence-electron chi connectivity index (χ1n) is 7.01. The minimum absolute atomic E-state index is 1.58. The van der Waals surface area contributed by atoms with Gasteiger partial charge in [0, 0.05) is 83.6 Å². The summed E-state index contributed by atoms with van der Waals surface area (Å²) >= 11 is 0. The zero-order valence-electron chi connectivity index (χ0n) is 17.2. The normalized spacial score (nSPS) is 12.0. The highest BCUT2D eigenvalue weighted by molar-refractivity contribution is 6.59. The molecule has 0 aromatic rings. The quantitative estimate of drug-likeness (QED) is 0.527. The maximum Gasteiger partial charge on any atom is 0.496 e. The molecule has 150 valence electrons. The molecule has 0 amide bonds. The molecule has 0 unspecified atom stereocenters. The average Bonchev–Trinajstić information content (AvgIpc) is 2.67. The van der Waals surface area contributed by atoms with Gasteiger partial charge in [-0.3, -0.25) is 0 Å². The Labute approximate surface area is 150 Å². The van der Waals surface area contributed by atoms with Crippen LogP contribution in [0, 0.1) is 0 Å². The predicted octanol–water partition coefficient (Wildman–Crippen LogP) is 1.48. The average molecular weight is 409 g/mol. The smallest absolute Gasteiger partial charge is 0.377 e. The standard InChI is InChI=1S/3C4H12O3Si/c3*1-5-8(4,6-2)7-3/h3*1-4H3. The molecule has 12 heteroatoms. The van der Waals surface area contributed by atoms with E-state index in [1.54, 1.807) is 64.0 Å². The lowest BCUT2D eigenvalue weighted by Crippen LogP contribution is -2.38. The Morgan fingerprint density at radius 2 is 0.375 bits per heavy atom. The molecule has 24 heavy (non-hydrogen) atoms. The largest absolute Gasteiger partial charge is 0.496 e. The van der Waals surface area contributed by atoms with Crippen LogP contribution >= 0.6 is 0 Å². The van der Waals surface area contributed by atoms with Crippen LogP contribution in [0.25, 0.3) is 0 Å². The van der Waals surface area contributed by atoms with Gasteiger partial charge in [0.05, 0.1) is 0 Å². The van der Waals surface area contributed by atoms with Crippen molar-refractivity contribution >= 4 is 26.4 Å². The summed E-state index contributed by atoms with van der Waals surface area (Å²) in [6, 6.07) is 0. The number of hydrogen-bond acceptors (Lipinski definition) is 9. The van der Waals surface area contributed by atoms with E-state index in [9.17, 15) is 0 Å². The van der Waals surface area contributed by atoms with Crippen LogP contribution in [-0.2, 0) is 39.8 Å². The second-order valence-corrected chi connectivity index (χ2v) is 13.3. The summed E-state index contributed by atoms with van der Waals surface area (Å²) in [6.45, 7) is 5.48. The van der Waals surface area contributed by atoms with Crippen molar-refractivity contribution in [1.29, 1.82) is 0 Å². The Morgan fingerprint density at radius 3 is 0.375 bits per heavy atom. The van der Waals surface area contributed by atoms with E-state index in [1.165, 1.54) is 0 Å². The highest BCUT2D eigenvalue weighted by Crippen LogP contribution is 2.03. The number of rotatable bonds is 9. The summed E-state index contributed by atoms with van der Waals surface area (Å²) in [5.41, 5.74) is 0. The van der Waals surface area contributed by atoms with Gasteiger partial charge in [-0.2, -0.15) is 0 Å². The van der Waals surface area contributed by atoms with Gasteiger partial charge in [0.2, 0.25) is 0 Å². The molecule has 0 bridgehead atoms. The molecule has 0 N–H and O–H groups in total. The maximum absolute atomic E-state index is 4.93. The summed E-state index contributed by atoms with van der Waals surface area (Å²) in [5.74, 6) is 0. The Bertz CT molecular complexity index is 205. The Morgan fingerprint density at radius 1 is 0.292 bits per heavy atom.